The Morgan fingerprint density at radius 1 is 1.17 bits per heavy atom. The molecule has 132 valence electrons. The van der Waals surface area contributed by atoms with Gasteiger partial charge < -0.3 is 10.2 Å². The zero-order valence-corrected chi connectivity index (χ0v) is 15.9. The molecule has 1 N–H and O–H groups in total. The smallest absolute Gasteiger partial charge is 0.253 e. The van der Waals surface area contributed by atoms with E-state index >= 15 is 0 Å². The van der Waals surface area contributed by atoms with Gasteiger partial charge in [-0.05, 0) is 58.2 Å². The van der Waals surface area contributed by atoms with Crippen molar-refractivity contribution in [2.45, 2.75) is 57.1 Å². The highest BCUT2D eigenvalue weighted by Gasteiger charge is 2.20. The van der Waals surface area contributed by atoms with E-state index in [1.165, 1.54) is 0 Å². The summed E-state index contributed by atoms with van der Waals surface area (Å²) in [5, 5.41) is 2.90. The lowest BCUT2D eigenvalue weighted by Crippen LogP contribution is -2.44. The largest absolute Gasteiger partial charge is 0.351 e. The third kappa shape index (κ3) is 5.55. The zero-order valence-electron chi connectivity index (χ0n) is 15.1. The van der Waals surface area contributed by atoms with E-state index in [1.54, 1.807) is 11.8 Å². The number of nitrogens with zero attached hydrogens (tertiary/aromatic N) is 1. The molecule has 2 amide bonds. The Kier molecular flexibility index (Phi) is 6.33. The van der Waals surface area contributed by atoms with Gasteiger partial charge in [0.05, 0.1) is 5.25 Å². The lowest BCUT2D eigenvalue weighted by Gasteiger charge is -2.23. The van der Waals surface area contributed by atoms with Crippen LogP contribution in [0.25, 0.3) is 0 Å². The maximum Gasteiger partial charge on any atom is 0.253 e. The second kappa shape index (κ2) is 8.06. The van der Waals surface area contributed by atoms with Gasteiger partial charge in [-0.2, -0.15) is 0 Å². The van der Waals surface area contributed by atoms with Gasteiger partial charge in [-0.15, -0.1) is 11.8 Å². The molecule has 1 atom stereocenters. The van der Waals surface area contributed by atoms with Gasteiger partial charge in [-0.3, -0.25) is 9.59 Å². The highest BCUT2D eigenvalue weighted by atomic mass is 32.2. The van der Waals surface area contributed by atoms with Gasteiger partial charge in [0.25, 0.3) is 5.91 Å². The van der Waals surface area contributed by atoms with Gasteiger partial charge in [0.1, 0.15) is 0 Å². The minimum atomic E-state index is -0.205. The highest BCUT2D eigenvalue weighted by molar-refractivity contribution is 7.99. The molecule has 2 rings (SSSR count). The van der Waals surface area contributed by atoms with Crippen molar-refractivity contribution in [2.24, 2.45) is 0 Å². The van der Waals surface area contributed by atoms with E-state index in [1.807, 2.05) is 56.9 Å². The maximum atomic E-state index is 12.3. The number of hydrogen-bond donors (Lipinski definition) is 1. The van der Waals surface area contributed by atoms with Crippen molar-refractivity contribution in [2.75, 3.05) is 13.1 Å². The number of carbonyl (C=O) groups is 2. The SMILES string of the molecule is CC(SCc1ccc(C(=O)N2CCCC2)cc1)C(=O)NC(C)(C)C. The molecule has 0 spiro atoms. The van der Waals surface area contributed by atoms with Gasteiger partial charge in [0.2, 0.25) is 5.91 Å². The van der Waals surface area contributed by atoms with E-state index in [-0.39, 0.29) is 22.6 Å². The van der Waals surface area contributed by atoms with Crippen molar-refractivity contribution >= 4 is 23.6 Å². The molecule has 1 fully saturated rings. The molecule has 0 saturated carbocycles. The van der Waals surface area contributed by atoms with Crippen molar-refractivity contribution < 1.29 is 9.59 Å². The second-order valence-electron chi connectivity index (χ2n) is 7.39. The first kappa shape index (κ1) is 18.8. The van der Waals surface area contributed by atoms with Crippen molar-refractivity contribution in [1.29, 1.82) is 0 Å². The van der Waals surface area contributed by atoms with Crippen LogP contribution in [0.2, 0.25) is 0 Å². The second-order valence-corrected chi connectivity index (χ2v) is 8.72. The van der Waals surface area contributed by atoms with Crippen molar-refractivity contribution in [3.8, 4) is 0 Å². The van der Waals surface area contributed by atoms with Gasteiger partial charge in [0, 0.05) is 29.9 Å². The quantitative estimate of drug-likeness (QED) is 0.886. The first-order chi connectivity index (χ1) is 11.3. The van der Waals surface area contributed by atoms with Crippen molar-refractivity contribution in [3.05, 3.63) is 35.4 Å². The van der Waals surface area contributed by atoms with E-state index in [0.29, 0.717) is 0 Å². The summed E-state index contributed by atoms with van der Waals surface area (Å²) in [7, 11) is 0. The molecule has 0 radical (unpaired) electrons. The maximum absolute atomic E-state index is 12.3. The molecule has 0 aromatic heterocycles. The Hall–Kier alpha value is -1.49. The molecule has 1 unspecified atom stereocenters. The standard InChI is InChI=1S/C19H28N2O2S/c1-14(17(22)20-19(2,3)4)24-13-15-7-9-16(10-8-15)18(23)21-11-5-6-12-21/h7-10,14H,5-6,11-13H2,1-4H3,(H,20,22). The highest BCUT2D eigenvalue weighted by Crippen LogP contribution is 2.20. The summed E-state index contributed by atoms with van der Waals surface area (Å²) >= 11 is 1.61. The molecule has 1 aliphatic heterocycles. The summed E-state index contributed by atoms with van der Waals surface area (Å²) in [5.41, 5.74) is 1.68. The summed E-state index contributed by atoms with van der Waals surface area (Å²) < 4.78 is 0. The molecule has 24 heavy (non-hydrogen) atoms. The number of rotatable bonds is 5. The van der Waals surface area contributed by atoms with Crippen LogP contribution in [-0.2, 0) is 10.5 Å². The van der Waals surface area contributed by atoms with Crippen LogP contribution in [0.4, 0.5) is 0 Å². The summed E-state index contributed by atoms with van der Waals surface area (Å²) in [5.74, 6) is 0.953. The topological polar surface area (TPSA) is 49.4 Å². The Labute approximate surface area is 149 Å². The molecule has 1 saturated heterocycles. The molecule has 1 heterocycles. The van der Waals surface area contributed by atoms with Gasteiger partial charge in [0.15, 0.2) is 0 Å². The van der Waals surface area contributed by atoms with Crippen LogP contribution in [-0.4, -0.2) is 40.6 Å². The lowest BCUT2D eigenvalue weighted by molar-refractivity contribution is -0.121. The Balaban J connectivity index is 1.85. The van der Waals surface area contributed by atoms with Crippen LogP contribution in [0.3, 0.4) is 0 Å². The van der Waals surface area contributed by atoms with Gasteiger partial charge in [-0.1, -0.05) is 12.1 Å². The molecule has 1 aromatic carbocycles. The lowest BCUT2D eigenvalue weighted by atomic mass is 10.1. The number of carbonyl (C=O) groups excluding carboxylic acids is 2. The fourth-order valence-corrected chi connectivity index (χ4v) is 3.46. The summed E-state index contributed by atoms with van der Waals surface area (Å²) in [4.78, 5) is 26.3. The molecule has 1 aliphatic rings. The third-order valence-corrected chi connectivity index (χ3v) is 5.18. The van der Waals surface area contributed by atoms with E-state index in [0.717, 1.165) is 42.8 Å². The number of amides is 2. The molecule has 1 aromatic rings. The molecule has 0 bridgehead atoms. The molecule has 4 nitrogen and oxygen atoms in total. The first-order valence-corrected chi connectivity index (χ1v) is 9.63. The van der Waals surface area contributed by atoms with Gasteiger partial charge in [-0.25, -0.2) is 0 Å². The van der Waals surface area contributed by atoms with Gasteiger partial charge >= 0.3 is 0 Å². The minimum absolute atomic E-state index is 0.0633. The first-order valence-electron chi connectivity index (χ1n) is 8.58. The van der Waals surface area contributed by atoms with E-state index in [2.05, 4.69) is 5.32 Å². The number of likely N-dealkylation sites (tertiary alicyclic amines) is 1. The Morgan fingerprint density at radius 2 is 1.75 bits per heavy atom. The number of benzene rings is 1. The number of hydrogen-bond acceptors (Lipinski definition) is 3. The van der Waals surface area contributed by atoms with Crippen LogP contribution in [0.15, 0.2) is 24.3 Å². The van der Waals surface area contributed by atoms with Crippen molar-refractivity contribution in [1.82, 2.24) is 10.2 Å². The predicted molar refractivity (Wildman–Crippen MR) is 100 cm³/mol. The van der Waals surface area contributed by atoms with Crippen molar-refractivity contribution in [3.63, 3.8) is 0 Å². The Morgan fingerprint density at radius 3 is 2.29 bits per heavy atom. The predicted octanol–water partition coefficient (Wildman–Crippen LogP) is 3.46. The molecule has 5 heteroatoms. The fourth-order valence-electron chi connectivity index (χ4n) is 2.61. The van der Waals surface area contributed by atoms with Crippen LogP contribution in [0, 0.1) is 0 Å². The number of thioether (sulfide) groups is 1. The minimum Gasteiger partial charge on any atom is -0.351 e. The molecular formula is C19H28N2O2S. The number of nitrogens with one attached hydrogen (secondary N) is 1. The average Bonchev–Trinajstić information content (AvgIpc) is 3.05. The summed E-state index contributed by atoms with van der Waals surface area (Å²) in [6.45, 7) is 9.62. The van der Waals surface area contributed by atoms with E-state index in [4.69, 9.17) is 0 Å². The van der Waals surface area contributed by atoms with Crippen LogP contribution in [0.5, 0.6) is 0 Å². The monoisotopic (exact) mass is 348 g/mol. The summed E-state index contributed by atoms with van der Waals surface area (Å²) in [6.07, 6.45) is 2.21. The fraction of sp³-hybridized carbons (Fsp3) is 0.579. The Bertz CT molecular complexity index is 572. The average molecular weight is 349 g/mol. The van der Waals surface area contributed by atoms with E-state index < -0.39 is 0 Å². The van der Waals surface area contributed by atoms with Crippen LogP contribution >= 0.6 is 11.8 Å². The normalized spacial score (nSPS) is 16.1. The molecule has 0 aliphatic carbocycles. The van der Waals surface area contributed by atoms with E-state index in [9.17, 15) is 9.59 Å². The molecular weight excluding hydrogens is 320 g/mol. The third-order valence-electron chi connectivity index (χ3n) is 3.96. The zero-order chi connectivity index (χ0) is 17.7. The summed E-state index contributed by atoms with van der Waals surface area (Å²) in [6, 6.07) is 7.78. The van der Waals surface area contributed by atoms with Crippen LogP contribution < -0.4 is 5.32 Å². The van der Waals surface area contributed by atoms with Crippen LogP contribution in [0.1, 0.15) is 56.5 Å².